The van der Waals surface area contributed by atoms with E-state index < -0.39 is 5.82 Å². The van der Waals surface area contributed by atoms with Crippen molar-refractivity contribution < 1.29 is 9.18 Å². The van der Waals surface area contributed by atoms with Crippen molar-refractivity contribution in [1.82, 2.24) is 9.78 Å². The molecule has 0 bridgehead atoms. The standard InChI is InChI=1S/C26H27FN4OS/c1-5-12-33-30-23-11-6-17(2)24(25(23)27)26(32)22-15-29-31(4)16-21(13-18(22)3)20-9-7-19(14-28)8-10-20/h6-11,13,15-16,29-30H,5,12H2,1-4H3. The van der Waals surface area contributed by atoms with Crippen LogP contribution in [0.25, 0.3) is 11.1 Å². The molecule has 0 atom stereocenters. The molecule has 0 aliphatic heterocycles. The van der Waals surface area contributed by atoms with Gasteiger partial charge in [-0.2, -0.15) is 5.26 Å². The van der Waals surface area contributed by atoms with Crippen LogP contribution in [0.5, 0.6) is 0 Å². The third kappa shape index (κ3) is 5.65. The van der Waals surface area contributed by atoms with Crippen molar-refractivity contribution in [2.75, 3.05) is 10.5 Å². The van der Waals surface area contributed by atoms with Gasteiger partial charge in [-0.25, -0.2) is 4.39 Å². The Morgan fingerprint density at radius 3 is 2.55 bits per heavy atom. The highest BCUT2D eigenvalue weighted by Crippen LogP contribution is 2.27. The van der Waals surface area contributed by atoms with Gasteiger partial charge in [-0.3, -0.25) is 9.48 Å². The van der Waals surface area contributed by atoms with E-state index in [1.807, 2.05) is 38.4 Å². The molecule has 2 aromatic carbocycles. The third-order valence-electron chi connectivity index (χ3n) is 5.20. The average molecular weight is 463 g/mol. The van der Waals surface area contributed by atoms with Gasteiger partial charge in [0.1, 0.15) is 0 Å². The zero-order valence-corrected chi connectivity index (χ0v) is 20.0. The number of ketones is 1. The fourth-order valence-electron chi connectivity index (χ4n) is 3.41. The summed E-state index contributed by atoms with van der Waals surface area (Å²) in [5.74, 6) is -0.0925. The fraction of sp³-hybridized carbons (Fsp3) is 0.231. The molecule has 3 rings (SSSR count). The van der Waals surface area contributed by atoms with Crippen molar-refractivity contribution in [1.29, 1.82) is 5.26 Å². The first kappa shape index (κ1) is 24.1. The summed E-state index contributed by atoms with van der Waals surface area (Å²) < 4.78 is 20.1. The number of carbonyl (C=O) groups is 1. The van der Waals surface area contributed by atoms with E-state index in [1.165, 1.54) is 11.9 Å². The van der Waals surface area contributed by atoms with Crippen LogP contribution in [0.15, 0.2) is 54.9 Å². The quantitative estimate of drug-likeness (QED) is 0.240. The summed E-state index contributed by atoms with van der Waals surface area (Å²) in [7, 11) is 1.82. The molecule has 170 valence electrons. The van der Waals surface area contributed by atoms with Crippen molar-refractivity contribution in [3.8, 4) is 17.2 Å². The second-order valence-electron chi connectivity index (χ2n) is 7.80. The summed E-state index contributed by atoms with van der Waals surface area (Å²) in [5.41, 5.74) is 4.35. The van der Waals surface area contributed by atoms with Gasteiger partial charge < -0.3 is 9.82 Å². The SMILES string of the molecule is CCCSNc1ccc(C)c(C(=O)c2c[nH]n(C)cc(-c3ccc(C#N)cc3)cc2C)c1F. The minimum Gasteiger partial charge on any atom is -0.327 e. The number of carbonyl (C=O) groups excluding carboxylic acids is 1. The molecule has 0 aliphatic carbocycles. The van der Waals surface area contributed by atoms with E-state index in [4.69, 9.17) is 5.26 Å². The zero-order valence-electron chi connectivity index (χ0n) is 19.2. The molecular formula is C26H27FN4OS. The van der Waals surface area contributed by atoms with Gasteiger partial charge in [-0.05, 0) is 66.8 Å². The van der Waals surface area contributed by atoms with Crippen LogP contribution < -0.4 is 4.72 Å². The number of aromatic amines is 1. The maximum atomic E-state index is 15.4. The van der Waals surface area contributed by atoms with E-state index >= 15 is 4.39 Å². The molecule has 2 N–H and O–H groups in total. The van der Waals surface area contributed by atoms with Gasteiger partial charge in [0.25, 0.3) is 0 Å². The first-order chi connectivity index (χ1) is 15.8. The van der Waals surface area contributed by atoms with Crippen LogP contribution in [-0.4, -0.2) is 21.3 Å². The molecule has 3 aromatic rings. The average Bonchev–Trinajstić information content (AvgIpc) is 2.79. The first-order valence-corrected chi connectivity index (χ1v) is 11.7. The molecule has 33 heavy (non-hydrogen) atoms. The number of hydrogen-bond donors (Lipinski definition) is 2. The second kappa shape index (κ2) is 10.9. The molecule has 5 nitrogen and oxygen atoms in total. The van der Waals surface area contributed by atoms with Crippen molar-refractivity contribution in [3.05, 3.63) is 88.5 Å². The van der Waals surface area contributed by atoms with E-state index in [9.17, 15) is 4.79 Å². The lowest BCUT2D eigenvalue weighted by Gasteiger charge is -2.13. The van der Waals surface area contributed by atoms with E-state index in [0.717, 1.165) is 23.3 Å². The van der Waals surface area contributed by atoms with Crippen molar-refractivity contribution in [2.24, 2.45) is 7.05 Å². The van der Waals surface area contributed by atoms with Gasteiger partial charge in [0.15, 0.2) is 11.6 Å². The Bertz CT molecular complexity index is 1250. The molecule has 1 aromatic heterocycles. The largest absolute Gasteiger partial charge is 0.327 e. The Morgan fingerprint density at radius 1 is 1.15 bits per heavy atom. The smallest absolute Gasteiger partial charge is 0.198 e. The molecule has 7 heteroatoms. The molecule has 0 saturated carbocycles. The highest BCUT2D eigenvalue weighted by molar-refractivity contribution is 8.00. The minimum absolute atomic E-state index is 0.0602. The Morgan fingerprint density at radius 2 is 1.88 bits per heavy atom. The van der Waals surface area contributed by atoms with Crippen LogP contribution in [0.3, 0.4) is 0 Å². The van der Waals surface area contributed by atoms with Gasteiger partial charge in [-0.1, -0.05) is 37.1 Å². The number of rotatable bonds is 7. The molecule has 0 radical (unpaired) electrons. The summed E-state index contributed by atoms with van der Waals surface area (Å²) in [6.07, 6.45) is 4.46. The first-order valence-electron chi connectivity index (χ1n) is 10.7. The number of anilines is 1. The summed E-state index contributed by atoms with van der Waals surface area (Å²) in [4.78, 5) is 13.5. The number of hydrogen-bond acceptors (Lipinski definition) is 4. The normalized spacial score (nSPS) is 10.4. The fourth-order valence-corrected chi connectivity index (χ4v) is 4.03. The van der Waals surface area contributed by atoms with E-state index in [-0.39, 0.29) is 11.3 Å². The third-order valence-corrected chi connectivity index (χ3v) is 6.18. The number of nitrogens with zero attached hydrogens (tertiary/aromatic N) is 2. The van der Waals surface area contributed by atoms with E-state index in [2.05, 4.69) is 22.8 Å². The van der Waals surface area contributed by atoms with Crippen molar-refractivity contribution in [2.45, 2.75) is 27.2 Å². The molecular weight excluding hydrogens is 435 g/mol. The lowest BCUT2D eigenvalue weighted by atomic mass is 9.95. The van der Waals surface area contributed by atoms with Crippen LogP contribution in [0, 0.1) is 31.0 Å². The number of nitrogens with one attached hydrogen (secondary N) is 2. The Kier molecular flexibility index (Phi) is 7.96. The summed E-state index contributed by atoms with van der Waals surface area (Å²) in [5, 5.41) is 12.1. The Hall–Kier alpha value is -3.50. The van der Waals surface area contributed by atoms with Crippen LogP contribution in [0.2, 0.25) is 0 Å². The number of halogens is 1. The van der Waals surface area contributed by atoms with Gasteiger partial charge in [0.2, 0.25) is 0 Å². The maximum absolute atomic E-state index is 15.4. The number of aryl methyl sites for hydroxylation is 3. The van der Waals surface area contributed by atoms with Crippen LogP contribution in [-0.2, 0) is 7.05 Å². The number of H-pyrrole nitrogens is 1. The van der Waals surface area contributed by atoms with Crippen LogP contribution in [0.1, 0.15) is 46.0 Å². The molecule has 0 aliphatic rings. The number of benzene rings is 2. The van der Waals surface area contributed by atoms with Crippen LogP contribution >= 0.6 is 11.9 Å². The summed E-state index contributed by atoms with van der Waals surface area (Å²) in [6.45, 7) is 5.63. The summed E-state index contributed by atoms with van der Waals surface area (Å²) >= 11 is 1.42. The molecule has 1 heterocycles. The number of nitriles is 1. The van der Waals surface area contributed by atoms with Gasteiger partial charge in [0, 0.05) is 30.8 Å². The second-order valence-corrected chi connectivity index (χ2v) is 8.70. The van der Waals surface area contributed by atoms with Gasteiger partial charge in [-0.15, -0.1) is 0 Å². The highest BCUT2D eigenvalue weighted by Gasteiger charge is 2.21. The summed E-state index contributed by atoms with van der Waals surface area (Å²) in [6, 6.07) is 14.7. The predicted octanol–water partition coefficient (Wildman–Crippen LogP) is 6.47. The molecule has 0 amide bonds. The minimum atomic E-state index is -0.546. The van der Waals surface area contributed by atoms with E-state index in [0.29, 0.717) is 27.9 Å². The monoisotopic (exact) mass is 462 g/mol. The number of aromatic nitrogens is 2. The predicted molar refractivity (Wildman–Crippen MR) is 133 cm³/mol. The lowest BCUT2D eigenvalue weighted by molar-refractivity contribution is 0.103. The molecule has 0 spiro atoms. The van der Waals surface area contributed by atoms with E-state index in [1.54, 1.807) is 42.1 Å². The zero-order chi connectivity index (χ0) is 24.0. The van der Waals surface area contributed by atoms with Crippen LogP contribution in [0.4, 0.5) is 10.1 Å². The highest BCUT2D eigenvalue weighted by atomic mass is 32.2. The topological polar surface area (TPSA) is 73.6 Å². The molecule has 0 saturated heterocycles. The Balaban J connectivity index is 2.09. The Labute approximate surface area is 198 Å². The maximum Gasteiger partial charge on any atom is 0.198 e. The lowest BCUT2D eigenvalue weighted by Crippen LogP contribution is -2.11. The van der Waals surface area contributed by atoms with Crippen molar-refractivity contribution >= 4 is 23.4 Å². The molecule has 0 unspecified atom stereocenters. The molecule has 0 fully saturated rings. The van der Waals surface area contributed by atoms with Gasteiger partial charge >= 0.3 is 0 Å². The van der Waals surface area contributed by atoms with Crippen molar-refractivity contribution in [3.63, 3.8) is 0 Å². The van der Waals surface area contributed by atoms with Gasteiger partial charge in [0.05, 0.1) is 22.9 Å².